The van der Waals surface area contributed by atoms with E-state index in [1.54, 1.807) is 4.90 Å². The van der Waals surface area contributed by atoms with Gasteiger partial charge in [-0.05, 0) is 66.3 Å². The predicted octanol–water partition coefficient (Wildman–Crippen LogP) is 4.86. The average molecular weight is 438 g/mol. The van der Waals surface area contributed by atoms with Crippen molar-refractivity contribution < 1.29 is 23.8 Å². The zero-order chi connectivity index (χ0) is 22.8. The van der Waals surface area contributed by atoms with Crippen LogP contribution in [0.4, 0.5) is 5.69 Å². The van der Waals surface area contributed by atoms with Gasteiger partial charge in [-0.15, -0.1) is 0 Å². The van der Waals surface area contributed by atoms with Crippen LogP contribution in [-0.4, -0.2) is 45.9 Å². The topological polar surface area (TPSA) is 65.1 Å². The van der Waals surface area contributed by atoms with E-state index in [1.807, 2.05) is 48.5 Å². The van der Waals surface area contributed by atoms with Crippen molar-refractivity contribution in [2.45, 2.75) is 32.6 Å². The SMILES string of the molecule is CCCCOCCOc1ccc(-c2ccc3c(c2)C=C(C(=O)OC)CCCN3C=O)cc1. The summed E-state index contributed by atoms with van der Waals surface area (Å²) < 4.78 is 16.2. The van der Waals surface area contributed by atoms with Crippen LogP contribution in [0.3, 0.4) is 0 Å². The monoisotopic (exact) mass is 437 g/mol. The molecule has 0 fully saturated rings. The number of rotatable bonds is 10. The molecule has 1 amide bonds. The summed E-state index contributed by atoms with van der Waals surface area (Å²) in [6, 6.07) is 13.8. The molecule has 0 aromatic heterocycles. The number of benzene rings is 2. The van der Waals surface area contributed by atoms with E-state index >= 15 is 0 Å². The Morgan fingerprint density at radius 3 is 2.56 bits per heavy atom. The molecule has 0 aliphatic carbocycles. The lowest BCUT2D eigenvalue weighted by molar-refractivity contribution is -0.136. The Morgan fingerprint density at radius 1 is 1.06 bits per heavy atom. The highest BCUT2D eigenvalue weighted by atomic mass is 16.5. The van der Waals surface area contributed by atoms with Crippen molar-refractivity contribution in [2.75, 3.05) is 38.4 Å². The average Bonchev–Trinajstić information content (AvgIpc) is 2.81. The highest BCUT2D eigenvalue weighted by molar-refractivity contribution is 5.96. The van der Waals surface area contributed by atoms with Crippen LogP contribution in [0.25, 0.3) is 17.2 Å². The Morgan fingerprint density at radius 2 is 1.84 bits per heavy atom. The van der Waals surface area contributed by atoms with Gasteiger partial charge in [0, 0.05) is 18.7 Å². The quantitative estimate of drug-likeness (QED) is 0.302. The van der Waals surface area contributed by atoms with Gasteiger partial charge in [0.15, 0.2) is 0 Å². The molecule has 0 unspecified atom stereocenters. The number of carbonyl (C=O) groups is 2. The summed E-state index contributed by atoms with van der Waals surface area (Å²) in [6.07, 6.45) is 6.12. The number of esters is 1. The lowest BCUT2D eigenvalue weighted by atomic mass is 9.97. The van der Waals surface area contributed by atoms with Crippen LogP contribution in [0.2, 0.25) is 0 Å². The van der Waals surface area contributed by atoms with Crippen LogP contribution in [0.1, 0.15) is 38.2 Å². The molecule has 32 heavy (non-hydrogen) atoms. The van der Waals surface area contributed by atoms with E-state index in [2.05, 4.69) is 6.92 Å². The van der Waals surface area contributed by atoms with E-state index in [9.17, 15) is 9.59 Å². The molecule has 0 saturated heterocycles. The van der Waals surface area contributed by atoms with Crippen LogP contribution in [0, 0.1) is 0 Å². The van der Waals surface area contributed by atoms with Crippen molar-refractivity contribution >= 4 is 24.1 Å². The number of unbranched alkanes of at least 4 members (excludes halogenated alkanes) is 1. The second kappa shape index (κ2) is 12.1. The molecule has 1 heterocycles. The molecule has 2 aromatic carbocycles. The number of hydrogen-bond donors (Lipinski definition) is 0. The first-order chi connectivity index (χ1) is 15.7. The van der Waals surface area contributed by atoms with E-state index in [4.69, 9.17) is 14.2 Å². The van der Waals surface area contributed by atoms with Gasteiger partial charge in [0.2, 0.25) is 6.41 Å². The Balaban J connectivity index is 1.77. The lowest BCUT2D eigenvalue weighted by Gasteiger charge is -2.23. The fourth-order valence-corrected chi connectivity index (χ4v) is 3.64. The molecule has 0 bridgehead atoms. The number of fused-ring (bicyclic) bond motifs is 1. The normalized spacial score (nSPS) is 13.4. The second-order valence-electron chi connectivity index (χ2n) is 7.68. The summed E-state index contributed by atoms with van der Waals surface area (Å²) in [5.41, 5.74) is 4.23. The van der Waals surface area contributed by atoms with Gasteiger partial charge in [-0.3, -0.25) is 4.79 Å². The molecule has 0 saturated carbocycles. The van der Waals surface area contributed by atoms with Crippen LogP contribution in [-0.2, 0) is 19.1 Å². The maximum atomic E-state index is 12.1. The Hall–Kier alpha value is -3.12. The Kier molecular flexibility index (Phi) is 8.87. The number of hydrogen-bond acceptors (Lipinski definition) is 5. The molecule has 3 rings (SSSR count). The summed E-state index contributed by atoms with van der Waals surface area (Å²) in [4.78, 5) is 25.4. The lowest BCUT2D eigenvalue weighted by Crippen LogP contribution is -2.25. The molecule has 6 heteroatoms. The fourth-order valence-electron chi connectivity index (χ4n) is 3.64. The first kappa shape index (κ1) is 23.5. The number of anilines is 1. The van der Waals surface area contributed by atoms with Crippen molar-refractivity contribution in [3.8, 4) is 16.9 Å². The van der Waals surface area contributed by atoms with Gasteiger partial charge in [0.1, 0.15) is 12.4 Å². The highest BCUT2D eigenvalue weighted by Crippen LogP contribution is 2.32. The van der Waals surface area contributed by atoms with Gasteiger partial charge >= 0.3 is 5.97 Å². The van der Waals surface area contributed by atoms with Crippen molar-refractivity contribution in [1.82, 2.24) is 0 Å². The number of carbonyl (C=O) groups excluding carboxylic acids is 2. The maximum Gasteiger partial charge on any atom is 0.333 e. The minimum absolute atomic E-state index is 0.332. The predicted molar refractivity (Wildman–Crippen MR) is 126 cm³/mol. The minimum Gasteiger partial charge on any atom is -0.491 e. The summed E-state index contributed by atoms with van der Waals surface area (Å²) in [5.74, 6) is 0.458. The van der Waals surface area contributed by atoms with Crippen molar-refractivity contribution in [3.63, 3.8) is 0 Å². The smallest absolute Gasteiger partial charge is 0.333 e. The zero-order valence-corrected chi connectivity index (χ0v) is 18.8. The van der Waals surface area contributed by atoms with Crippen molar-refractivity contribution in [2.24, 2.45) is 0 Å². The summed E-state index contributed by atoms with van der Waals surface area (Å²) in [5, 5.41) is 0. The molecule has 0 N–H and O–H groups in total. The van der Waals surface area contributed by atoms with Crippen LogP contribution in [0.5, 0.6) is 5.75 Å². The summed E-state index contributed by atoms with van der Waals surface area (Å²) >= 11 is 0. The molecular weight excluding hydrogens is 406 g/mol. The third-order valence-corrected chi connectivity index (χ3v) is 5.41. The Labute approximate surface area is 189 Å². The molecule has 0 spiro atoms. The molecular formula is C26H31NO5. The molecule has 6 nitrogen and oxygen atoms in total. The van der Waals surface area contributed by atoms with Crippen LogP contribution in [0.15, 0.2) is 48.0 Å². The minimum atomic E-state index is -0.332. The molecule has 1 aliphatic heterocycles. The fraction of sp³-hybridized carbons (Fsp3) is 0.385. The number of methoxy groups -OCH3 is 1. The second-order valence-corrected chi connectivity index (χ2v) is 7.68. The molecule has 0 radical (unpaired) electrons. The van der Waals surface area contributed by atoms with Crippen LogP contribution >= 0.6 is 0 Å². The molecule has 0 atom stereocenters. The molecule has 1 aliphatic rings. The van der Waals surface area contributed by atoms with Gasteiger partial charge in [0.05, 0.1) is 19.4 Å². The maximum absolute atomic E-state index is 12.1. The third-order valence-electron chi connectivity index (χ3n) is 5.41. The number of amides is 1. The van der Waals surface area contributed by atoms with E-state index in [1.165, 1.54) is 7.11 Å². The molecule has 170 valence electrons. The zero-order valence-electron chi connectivity index (χ0n) is 18.8. The summed E-state index contributed by atoms with van der Waals surface area (Å²) in [6.45, 7) is 4.56. The van der Waals surface area contributed by atoms with Gasteiger partial charge in [0.25, 0.3) is 0 Å². The van der Waals surface area contributed by atoms with Crippen molar-refractivity contribution in [1.29, 1.82) is 0 Å². The van der Waals surface area contributed by atoms with Gasteiger partial charge in [-0.1, -0.05) is 31.5 Å². The Bertz CT molecular complexity index is 936. The third kappa shape index (κ3) is 6.20. The number of ether oxygens (including phenoxy) is 3. The van der Waals surface area contributed by atoms with Gasteiger partial charge < -0.3 is 19.1 Å². The highest BCUT2D eigenvalue weighted by Gasteiger charge is 2.18. The van der Waals surface area contributed by atoms with Crippen LogP contribution < -0.4 is 9.64 Å². The van der Waals surface area contributed by atoms with E-state index in [0.29, 0.717) is 38.2 Å². The van der Waals surface area contributed by atoms with E-state index in [0.717, 1.165) is 54.0 Å². The first-order valence-corrected chi connectivity index (χ1v) is 11.1. The standard InChI is InChI=1S/C26H31NO5/c1-3-4-14-31-15-16-32-24-10-7-20(8-11-24)21-9-12-25-23(17-21)18-22(26(29)30-2)6-5-13-27(25)19-28/h7-12,17-19H,3-6,13-16H2,1-2H3. The first-order valence-electron chi connectivity index (χ1n) is 11.1. The van der Waals surface area contributed by atoms with E-state index < -0.39 is 0 Å². The van der Waals surface area contributed by atoms with Gasteiger partial charge in [-0.2, -0.15) is 0 Å². The molecule has 2 aromatic rings. The van der Waals surface area contributed by atoms with Crippen molar-refractivity contribution in [3.05, 3.63) is 53.6 Å². The number of nitrogens with zero attached hydrogens (tertiary/aromatic N) is 1. The van der Waals surface area contributed by atoms with Gasteiger partial charge in [-0.25, -0.2) is 4.79 Å². The largest absolute Gasteiger partial charge is 0.491 e. The summed E-state index contributed by atoms with van der Waals surface area (Å²) in [7, 11) is 1.39. The van der Waals surface area contributed by atoms with E-state index in [-0.39, 0.29) is 5.97 Å².